The molecule has 0 spiro atoms. The van der Waals surface area contributed by atoms with Crippen LogP contribution < -0.4 is 14.8 Å². The van der Waals surface area contributed by atoms with Gasteiger partial charge in [-0.05, 0) is 86.8 Å². The molecule has 8 rings (SSSR count). The van der Waals surface area contributed by atoms with Crippen molar-refractivity contribution < 1.29 is 24.5 Å². The second-order valence-electron chi connectivity index (χ2n) is 13.6. The molecule has 268 valence electrons. The first-order chi connectivity index (χ1) is 25.2. The van der Waals surface area contributed by atoms with Crippen molar-refractivity contribution in [2.45, 2.75) is 63.8 Å². The third kappa shape index (κ3) is 7.74. The minimum absolute atomic E-state index is 0.0256. The summed E-state index contributed by atoms with van der Waals surface area (Å²) in [5, 5.41) is 22.5. The molecule has 4 aromatic heterocycles. The topological polar surface area (TPSA) is 126 Å². The number of nitrogens with zero attached hydrogens (tertiary/aromatic N) is 5. The smallest absolute Gasteiger partial charge is 0.246 e. The van der Waals surface area contributed by atoms with Gasteiger partial charge in [0.15, 0.2) is 0 Å². The first-order valence-corrected chi connectivity index (χ1v) is 17.7. The van der Waals surface area contributed by atoms with Gasteiger partial charge in [0.2, 0.25) is 5.91 Å². The molecule has 2 aliphatic rings. The van der Waals surface area contributed by atoms with Crippen LogP contribution in [-0.2, 0) is 4.79 Å². The van der Waals surface area contributed by atoms with E-state index < -0.39 is 0 Å². The van der Waals surface area contributed by atoms with E-state index in [0.29, 0.717) is 12.6 Å². The number of piperidine rings is 2. The summed E-state index contributed by atoms with van der Waals surface area (Å²) < 4.78 is 16.6. The zero-order valence-electron chi connectivity index (χ0n) is 29.4. The molecule has 0 aliphatic carbocycles. The number of aromatic hydroxyl groups is 2. The van der Waals surface area contributed by atoms with E-state index in [2.05, 4.69) is 34.9 Å². The molecule has 11 heteroatoms. The number of carbonyl (C=O) groups is 1. The van der Waals surface area contributed by atoms with Gasteiger partial charge in [0.1, 0.15) is 46.2 Å². The highest BCUT2D eigenvalue weighted by atomic mass is 16.5. The fourth-order valence-electron chi connectivity index (χ4n) is 7.05. The van der Waals surface area contributed by atoms with Crippen molar-refractivity contribution in [3.05, 3.63) is 111 Å². The highest BCUT2D eigenvalue weighted by Crippen LogP contribution is 2.33. The number of carbonyl (C=O) groups excluding carboxylic acids is 1. The number of fused-ring (bicyclic) bond motifs is 2. The highest BCUT2D eigenvalue weighted by Gasteiger charge is 2.29. The molecule has 0 bridgehead atoms. The molecule has 6 aromatic rings. The summed E-state index contributed by atoms with van der Waals surface area (Å²) in [5.41, 5.74) is 5.92. The van der Waals surface area contributed by atoms with E-state index >= 15 is 0 Å². The number of phenolic OH excluding ortho intramolecular Hbond substituents is 2. The monoisotopic (exact) mass is 700 g/mol. The number of aromatic nitrogens is 4. The first kappa shape index (κ1) is 34.6. The van der Waals surface area contributed by atoms with Crippen LogP contribution in [0, 0.1) is 0 Å². The molecule has 1 amide bonds. The van der Waals surface area contributed by atoms with Crippen LogP contribution in [0.5, 0.6) is 23.0 Å². The number of hydrogen-bond acceptors (Lipinski definition) is 8. The Bertz CT molecular complexity index is 2160. The lowest BCUT2D eigenvalue weighted by Crippen LogP contribution is -2.46. The standard InChI is InChI=1S/C22H23N3O3.C19H21N3O2/c1-3-22(27)25-9-8-19(10-15(25)2)28-21-11-17(13-24-14-23-12-20(21)24)16-4-6-18(26)7-5-16;1-13-8-17(6-7-21-13)24-19-9-15(11-22-12-20-10-18(19)22)14-2-4-16(23)5-3-14/h3-7,11-15,19,26H,1,8-10H2,2H3;2-5,9-13,17,21,23H,6-8H2,1H3/t15-,19-;13-,17-/m11/s1. The van der Waals surface area contributed by atoms with Crippen molar-refractivity contribution in [2.75, 3.05) is 13.1 Å². The fourth-order valence-corrected chi connectivity index (χ4v) is 7.05. The van der Waals surface area contributed by atoms with Crippen LogP contribution in [0.3, 0.4) is 0 Å². The number of imidazole rings is 2. The van der Waals surface area contributed by atoms with Gasteiger partial charge in [-0.3, -0.25) is 4.79 Å². The molecule has 11 nitrogen and oxygen atoms in total. The molecule has 2 fully saturated rings. The van der Waals surface area contributed by atoms with Gasteiger partial charge >= 0.3 is 0 Å². The molecule has 2 aromatic carbocycles. The van der Waals surface area contributed by atoms with Crippen LogP contribution in [0.4, 0.5) is 0 Å². The van der Waals surface area contributed by atoms with Crippen molar-refractivity contribution in [3.8, 4) is 45.3 Å². The van der Waals surface area contributed by atoms with Gasteiger partial charge in [-0.2, -0.15) is 0 Å². The van der Waals surface area contributed by atoms with E-state index in [-0.39, 0.29) is 35.7 Å². The average molecular weight is 701 g/mol. The molecule has 4 atom stereocenters. The number of amides is 1. The predicted octanol–water partition coefficient (Wildman–Crippen LogP) is 6.88. The maximum atomic E-state index is 11.9. The van der Waals surface area contributed by atoms with Gasteiger partial charge in [-0.15, -0.1) is 0 Å². The molecule has 52 heavy (non-hydrogen) atoms. The number of pyridine rings is 2. The van der Waals surface area contributed by atoms with E-state index in [1.54, 1.807) is 43.1 Å². The Morgan fingerprint density at radius 3 is 1.79 bits per heavy atom. The van der Waals surface area contributed by atoms with E-state index in [1.807, 2.05) is 69.5 Å². The number of rotatable bonds is 7. The van der Waals surface area contributed by atoms with Gasteiger partial charge in [-0.1, -0.05) is 30.8 Å². The number of ether oxygens (including phenoxy) is 2. The van der Waals surface area contributed by atoms with Crippen LogP contribution >= 0.6 is 0 Å². The number of likely N-dealkylation sites (tertiary alicyclic amines) is 1. The fraction of sp³-hybridized carbons (Fsp3) is 0.293. The summed E-state index contributed by atoms with van der Waals surface area (Å²) in [5.74, 6) is 2.10. The zero-order chi connectivity index (χ0) is 36.2. The van der Waals surface area contributed by atoms with Crippen molar-refractivity contribution in [1.82, 2.24) is 29.0 Å². The Balaban J connectivity index is 0.000000164. The summed E-state index contributed by atoms with van der Waals surface area (Å²) >= 11 is 0. The van der Waals surface area contributed by atoms with Crippen LogP contribution in [-0.4, -0.2) is 77.2 Å². The second kappa shape index (κ2) is 15.2. The molecule has 0 saturated carbocycles. The Morgan fingerprint density at radius 1 is 0.788 bits per heavy atom. The lowest BCUT2D eigenvalue weighted by atomic mass is 10.00. The van der Waals surface area contributed by atoms with Crippen molar-refractivity contribution in [3.63, 3.8) is 0 Å². The first-order valence-electron chi connectivity index (χ1n) is 17.7. The largest absolute Gasteiger partial charge is 0.508 e. The normalized spacial score (nSPS) is 20.2. The summed E-state index contributed by atoms with van der Waals surface area (Å²) in [6, 6.07) is 18.9. The molecule has 2 saturated heterocycles. The number of phenols is 2. The minimum atomic E-state index is -0.0292. The van der Waals surface area contributed by atoms with E-state index in [4.69, 9.17) is 9.47 Å². The SMILES string of the molecule is C=CC(=O)N1CC[C@@H](Oc2cc(-c3ccc(O)cc3)cn3cncc23)C[C@H]1C.C[C@@H]1C[C@H](Oc2cc(-c3ccc(O)cc3)cn3cncc23)CCN1. The Morgan fingerprint density at radius 2 is 1.31 bits per heavy atom. The van der Waals surface area contributed by atoms with Gasteiger partial charge in [0, 0.05) is 55.0 Å². The lowest BCUT2D eigenvalue weighted by Gasteiger charge is -2.37. The molecule has 2 aliphatic heterocycles. The highest BCUT2D eigenvalue weighted by molar-refractivity contribution is 5.87. The zero-order valence-corrected chi connectivity index (χ0v) is 29.4. The van der Waals surface area contributed by atoms with Crippen LogP contribution in [0.15, 0.2) is 111 Å². The summed E-state index contributed by atoms with van der Waals surface area (Å²) in [6.45, 7) is 9.45. The van der Waals surface area contributed by atoms with Crippen molar-refractivity contribution in [2.24, 2.45) is 0 Å². The summed E-state index contributed by atoms with van der Waals surface area (Å²) in [7, 11) is 0. The molecule has 0 radical (unpaired) electrons. The number of benzene rings is 2. The maximum Gasteiger partial charge on any atom is 0.246 e. The Kier molecular flexibility index (Phi) is 10.1. The molecular formula is C41H44N6O5. The summed E-state index contributed by atoms with van der Waals surface area (Å²) in [4.78, 5) is 22.3. The molecular weight excluding hydrogens is 656 g/mol. The van der Waals surface area contributed by atoms with Crippen molar-refractivity contribution >= 4 is 16.9 Å². The van der Waals surface area contributed by atoms with Crippen LogP contribution in [0.1, 0.15) is 39.5 Å². The van der Waals surface area contributed by atoms with Gasteiger partial charge in [0.05, 0.1) is 25.0 Å². The van der Waals surface area contributed by atoms with E-state index in [0.717, 1.165) is 77.0 Å². The third-order valence-corrected chi connectivity index (χ3v) is 9.82. The van der Waals surface area contributed by atoms with Gasteiger partial charge in [-0.25, -0.2) is 9.97 Å². The van der Waals surface area contributed by atoms with Gasteiger partial charge in [0.25, 0.3) is 0 Å². The van der Waals surface area contributed by atoms with Crippen LogP contribution in [0.2, 0.25) is 0 Å². The van der Waals surface area contributed by atoms with Crippen LogP contribution in [0.25, 0.3) is 33.3 Å². The maximum absolute atomic E-state index is 11.9. The lowest BCUT2D eigenvalue weighted by molar-refractivity contribution is -0.130. The van der Waals surface area contributed by atoms with E-state index in [1.165, 1.54) is 6.08 Å². The Hall–Kier alpha value is -5.81. The van der Waals surface area contributed by atoms with Crippen molar-refractivity contribution in [1.29, 1.82) is 0 Å². The number of hydrogen-bond donors (Lipinski definition) is 3. The quantitative estimate of drug-likeness (QED) is 0.154. The van der Waals surface area contributed by atoms with E-state index in [9.17, 15) is 15.0 Å². The predicted molar refractivity (Wildman–Crippen MR) is 201 cm³/mol. The molecule has 0 unspecified atom stereocenters. The Labute approximate surface area is 302 Å². The number of nitrogens with one attached hydrogen (secondary N) is 1. The summed E-state index contributed by atoms with van der Waals surface area (Å²) in [6.07, 6.45) is 16.4. The van der Waals surface area contributed by atoms with Gasteiger partial charge < -0.3 is 38.7 Å². The minimum Gasteiger partial charge on any atom is -0.508 e. The molecule has 6 heterocycles. The second-order valence-corrected chi connectivity index (χ2v) is 13.6. The molecule has 3 N–H and O–H groups in total. The average Bonchev–Trinajstić information content (AvgIpc) is 3.83. The third-order valence-electron chi connectivity index (χ3n) is 9.82.